The molecule has 9 heteroatoms. The fourth-order valence-corrected chi connectivity index (χ4v) is 2.50. The molecule has 0 radical (unpaired) electrons. The van der Waals surface area contributed by atoms with E-state index in [4.69, 9.17) is 32.4 Å². The highest BCUT2D eigenvalue weighted by Crippen LogP contribution is 2.20. The predicted molar refractivity (Wildman–Crippen MR) is 95.0 cm³/mol. The van der Waals surface area contributed by atoms with Crippen LogP contribution in [0, 0.1) is 0 Å². The molecule has 0 aliphatic rings. The minimum Gasteiger partial charge on any atom is -0.467 e. The number of ether oxygens (including phenoxy) is 1. The lowest BCUT2D eigenvalue weighted by atomic mass is 10.2. The molecule has 1 heterocycles. The molecular formula is C17H16Cl2N2O5. The van der Waals surface area contributed by atoms with Crippen molar-refractivity contribution in [1.82, 2.24) is 10.6 Å². The Balaban J connectivity index is 1.73. The van der Waals surface area contributed by atoms with Gasteiger partial charge in [0.2, 0.25) is 0 Å². The summed E-state index contributed by atoms with van der Waals surface area (Å²) in [5.74, 6) is -1.23. The molecule has 1 aromatic carbocycles. The molecule has 0 unspecified atom stereocenters. The van der Waals surface area contributed by atoms with Crippen molar-refractivity contribution in [1.29, 1.82) is 0 Å². The average molecular weight is 399 g/mol. The van der Waals surface area contributed by atoms with Crippen LogP contribution in [0.2, 0.25) is 10.0 Å². The first-order valence-electron chi connectivity index (χ1n) is 7.58. The van der Waals surface area contributed by atoms with E-state index in [0.717, 1.165) is 0 Å². The van der Waals surface area contributed by atoms with Gasteiger partial charge in [0.1, 0.15) is 12.3 Å². The van der Waals surface area contributed by atoms with Crippen LogP contribution in [0.3, 0.4) is 0 Å². The highest BCUT2D eigenvalue weighted by Gasteiger charge is 2.15. The zero-order valence-corrected chi connectivity index (χ0v) is 15.3. The van der Waals surface area contributed by atoms with Crippen LogP contribution in [0.5, 0.6) is 0 Å². The van der Waals surface area contributed by atoms with Crippen LogP contribution in [-0.4, -0.2) is 30.9 Å². The molecule has 138 valence electrons. The number of furan rings is 1. The van der Waals surface area contributed by atoms with Gasteiger partial charge in [0.15, 0.2) is 6.61 Å². The van der Waals surface area contributed by atoms with Crippen LogP contribution in [0.1, 0.15) is 29.1 Å². The molecule has 0 fully saturated rings. The van der Waals surface area contributed by atoms with Gasteiger partial charge in [-0.05, 0) is 37.3 Å². The first-order chi connectivity index (χ1) is 12.4. The number of esters is 1. The van der Waals surface area contributed by atoms with Gasteiger partial charge in [-0.2, -0.15) is 0 Å². The van der Waals surface area contributed by atoms with E-state index in [1.165, 1.54) is 24.5 Å². The van der Waals surface area contributed by atoms with E-state index in [0.29, 0.717) is 10.8 Å². The van der Waals surface area contributed by atoms with Gasteiger partial charge in [-0.1, -0.05) is 23.2 Å². The van der Waals surface area contributed by atoms with Crippen LogP contribution < -0.4 is 10.6 Å². The fourth-order valence-electron chi connectivity index (χ4n) is 2.01. The van der Waals surface area contributed by atoms with Crippen LogP contribution in [0.4, 0.5) is 0 Å². The highest BCUT2D eigenvalue weighted by atomic mass is 35.5. The van der Waals surface area contributed by atoms with Gasteiger partial charge in [0.05, 0.1) is 22.9 Å². The van der Waals surface area contributed by atoms with Crippen molar-refractivity contribution < 1.29 is 23.5 Å². The van der Waals surface area contributed by atoms with E-state index in [1.54, 1.807) is 19.1 Å². The molecule has 0 saturated carbocycles. The Morgan fingerprint density at radius 3 is 2.65 bits per heavy atom. The normalized spacial score (nSPS) is 11.5. The molecule has 2 amide bonds. The molecule has 0 spiro atoms. The Hall–Kier alpha value is -2.51. The number of rotatable bonds is 7. The monoisotopic (exact) mass is 398 g/mol. The Labute approximate surface area is 159 Å². The van der Waals surface area contributed by atoms with Crippen molar-refractivity contribution in [3.05, 3.63) is 58.0 Å². The molecular weight excluding hydrogens is 383 g/mol. The van der Waals surface area contributed by atoms with E-state index in [1.807, 2.05) is 0 Å². The molecule has 0 bridgehead atoms. The number of carbonyl (C=O) groups is 3. The Bertz CT molecular complexity index is 792. The number of benzene rings is 1. The molecule has 0 aliphatic heterocycles. The second kappa shape index (κ2) is 9.26. The third kappa shape index (κ3) is 5.79. The van der Waals surface area contributed by atoms with E-state index in [2.05, 4.69) is 10.6 Å². The second-order valence-corrected chi connectivity index (χ2v) is 6.12. The summed E-state index contributed by atoms with van der Waals surface area (Å²) in [7, 11) is 0. The largest absolute Gasteiger partial charge is 0.467 e. The van der Waals surface area contributed by atoms with Crippen LogP contribution in [0.15, 0.2) is 41.0 Å². The number of carbonyl (C=O) groups excluding carboxylic acids is 3. The molecule has 0 aliphatic carbocycles. The summed E-state index contributed by atoms with van der Waals surface area (Å²) >= 11 is 11.7. The maximum atomic E-state index is 12.0. The molecule has 1 atom stereocenters. The van der Waals surface area contributed by atoms with E-state index >= 15 is 0 Å². The number of hydrogen-bond donors (Lipinski definition) is 2. The van der Waals surface area contributed by atoms with E-state index in [9.17, 15) is 14.4 Å². The molecule has 2 rings (SSSR count). The van der Waals surface area contributed by atoms with Crippen LogP contribution >= 0.6 is 23.2 Å². The van der Waals surface area contributed by atoms with Crippen molar-refractivity contribution in [3.8, 4) is 0 Å². The third-order valence-electron chi connectivity index (χ3n) is 3.28. The van der Waals surface area contributed by atoms with Crippen molar-refractivity contribution in [2.24, 2.45) is 0 Å². The third-order valence-corrected chi connectivity index (χ3v) is 3.83. The quantitative estimate of drug-likeness (QED) is 0.698. The minimum atomic E-state index is -0.760. The molecule has 0 saturated heterocycles. The summed E-state index contributed by atoms with van der Waals surface area (Å²) in [5, 5.41) is 5.52. The van der Waals surface area contributed by atoms with Gasteiger partial charge < -0.3 is 19.8 Å². The van der Waals surface area contributed by atoms with Crippen molar-refractivity contribution in [2.45, 2.75) is 13.0 Å². The van der Waals surface area contributed by atoms with Gasteiger partial charge in [-0.15, -0.1) is 0 Å². The summed E-state index contributed by atoms with van der Waals surface area (Å²) in [5.41, 5.74) is 0.175. The fraction of sp³-hybridized carbons (Fsp3) is 0.235. The number of amides is 2. The number of halogens is 2. The lowest BCUT2D eigenvalue weighted by molar-refractivity contribution is -0.147. The van der Waals surface area contributed by atoms with Crippen LogP contribution in [-0.2, 0) is 14.3 Å². The second-order valence-electron chi connectivity index (χ2n) is 5.27. The van der Waals surface area contributed by atoms with Crippen molar-refractivity contribution >= 4 is 41.0 Å². The Morgan fingerprint density at radius 1 is 1.23 bits per heavy atom. The molecule has 7 nitrogen and oxygen atoms in total. The van der Waals surface area contributed by atoms with Crippen molar-refractivity contribution in [3.63, 3.8) is 0 Å². The van der Waals surface area contributed by atoms with Crippen molar-refractivity contribution in [2.75, 3.05) is 13.2 Å². The zero-order valence-electron chi connectivity index (χ0n) is 13.8. The summed E-state index contributed by atoms with van der Waals surface area (Å²) in [6.45, 7) is 0.856. The summed E-state index contributed by atoms with van der Waals surface area (Å²) < 4.78 is 9.96. The number of nitrogens with one attached hydrogen (secondary N) is 2. The van der Waals surface area contributed by atoms with Gasteiger partial charge in [0.25, 0.3) is 11.8 Å². The van der Waals surface area contributed by atoms with E-state index in [-0.39, 0.29) is 16.6 Å². The minimum absolute atomic E-state index is 0.162. The maximum absolute atomic E-state index is 12.0. The predicted octanol–water partition coefficient (Wildman–Crippen LogP) is 2.74. The highest BCUT2D eigenvalue weighted by molar-refractivity contribution is 6.36. The maximum Gasteiger partial charge on any atom is 0.325 e. The lowest BCUT2D eigenvalue weighted by Gasteiger charge is -2.12. The van der Waals surface area contributed by atoms with Gasteiger partial charge >= 0.3 is 5.97 Å². The smallest absolute Gasteiger partial charge is 0.325 e. The topological polar surface area (TPSA) is 97.6 Å². The first-order valence-corrected chi connectivity index (χ1v) is 8.34. The average Bonchev–Trinajstić information content (AvgIpc) is 3.12. The van der Waals surface area contributed by atoms with Gasteiger partial charge in [0, 0.05) is 5.02 Å². The van der Waals surface area contributed by atoms with E-state index < -0.39 is 30.9 Å². The molecule has 2 N–H and O–H groups in total. The summed E-state index contributed by atoms with van der Waals surface area (Å²) in [6, 6.07) is 7.42. The standard InChI is InChI=1S/C17H16Cl2N2O5/c1-10(14-3-2-6-25-14)21-15(22)9-26-16(23)8-20-17(24)12-5-4-11(18)7-13(12)19/h2-7,10H,8-9H2,1H3,(H,20,24)(H,21,22)/t10-/m1/s1. The summed E-state index contributed by atoms with van der Waals surface area (Å²) in [4.78, 5) is 35.3. The molecule has 2 aromatic rings. The molecule has 1 aromatic heterocycles. The zero-order chi connectivity index (χ0) is 19.1. The lowest BCUT2D eigenvalue weighted by Crippen LogP contribution is -2.34. The van der Waals surface area contributed by atoms with Gasteiger partial charge in [-0.3, -0.25) is 14.4 Å². The SMILES string of the molecule is C[C@@H](NC(=O)COC(=O)CNC(=O)c1ccc(Cl)cc1Cl)c1ccco1. The molecule has 26 heavy (non-hydrogen) atoms. The summed E-state index contributed by atoms with van der Waals surface area (Å²) in [6.07, 6.45) is 1.49. The van der Waals surface area contributed by atoms with Crippen LogP contribution in [0.25, 0.3) is 0 Å². The Kier molecular flexibility index (Phi) is 7.06. The first kappa shape index (κ1) is 19.8. The number of hydrogen-bond acceptors (Lipinski definition) is 5. The Morgan fingerprint density at radius 2 is 2.00 bits per heavy atom. The van der Waals surface area contributed by atoms with Gasteiger partial charge in [-0.25, -0.2) is 0 Å².